The Kier molecular flexibility index (Phi) is 8.09. The molecule has 2 amide bonds. The molecule has 0 bridgehead atoms. The SMILES string of the molecule is CC(C)(C)C(=O)NCCC(=O)NCCSCc1ccccc1F. The molecule has 1 aromatic rings. The third kappa shape index (κ3) is 8.02. The van der Waals surface area contributed by atoms with Crippen molar-refractivity contribution in [2.24, 2.45) is 5.41 Å². The highest BCUT2D eigenvalue weighted by atomic mass is 32.2. The van der Waals surface area contributed by atoms with Gasteiger partial charge in [0.15, 0.2) is 0 Å². The summed E-state index contributed by atoms with van der Waals surface area (Å²) < 4.78 is 13.4. The number of halogens is 1. The zero-order valence-corrected chi connectivity index (χ0v) is 14.8. The van der Waals surface area contributed by atoms with Gasteiger partial charge < -0.3 is 10.6 Å². The van der Waals surface area contributed by atoms with E-state index in [-0.39, 0.29) is 24.1 Å². The third-order valence-corrected chi connectivity index (χ3v) is 4.11. The molecule has 0 aliphatic heterocycles. The van der Waals surface area contributed by atoms with E-state index >= 15 is 0 Å². The van der Waals surface area contributed by atoms with Crippen molar-refractivity contribution in [2.75, 3.05) is 18.8 Å². The lowest BCUT2D eigenvalue weighted by Gasteiger charge is -2.17. The van der Waals surface area contributed by atoms with Crippen molar-refractivity contribution in [3.63, 3.8) is 0 Å². The molecule has 0 unspecified atom stereocenters. The standard InChI is InChI=1S/C17H25FN2O2S/c1-17(2,3)16(22)20-9-8-15(21)19-10-11-23-12-13-6-4-5-7-14(13)18/h4-7H,8-12H2,1-3H3,(H,19,21)(H,20,22). The van der Waals surface area contributed by atoms with Crippen LogP contribution >= 0.6 is 11.8 Å². The van der Waals surface area contributed by atoms with E-state index in [1.54, 1.807) is 23.9 Å². The summed E-state index contributed by atoms with van der Waals surface area (Å²) in [6.45, 7) is 6.36. The van der Waals surface area contributed by atoms with E-state index in [2.05, 4.69) is 10.6 Å². The lowest BCUT2D eigenvalue weighted by Crippen LogP contribution is -2.37. The molecule has 0 fully saturated rings. The summed E-state index contributed by atoms with van der Waals surface area (Å²) >= 11 is 1.57. The van der Waals surface area contributed by atoms with Gasteiger partial charge in [0.1, 0.15) is 5.82 Å². The van der Waals surface area contributed by atoms with Gasteiger partial charge in [0.05, 0.1) is 0 Å². The van der Waals surface area contributed by atoms with Gasteiger partial charge in [0, 0.05) is 36.4 Å². The summed E-state index contributed by atoms with van der Waals surface area (Å²) in [5.74, 6) is 0.952. The van der Waals surface area contributed by atoms with Gasteiger partial charge in [0.25, 0.3) is 0 Å². The van der Waals surface area contributed by atoms with Gasteiger partial charge in [-0.25, -0.2) is 4.39 Å². The van der Waals surface area contributed by atoms with E-state index in [1.165, 1.54) is 6.07 Å². The van der Waals surface area contributed by atoms with Crippen LogP contribution in [0.15, 0.2) is 24.3 Å². The molecule has 1 aromatic carbocycles. The minimum atomic E-state index is -0.445. The number of benzene rings is 1. The summed E-state index contributed by atoms with van der Waals surface area (Å²) in [6.07, 6.45) is 0.264. The third-order valence-electron chi connectivity index (χ3n) is 3.10. The number of carbonyl (C=O) groups is 2. The first kappa shape index (κ1) is 19.5. The summed E-state index contributed by atoms with van der Waals surface area (Å²) in [7, 11) is 0. The quantitative estimate of drug-likeness (QED) is 0.716. The van der Waals surface area contributed by atoms with Crippen LogP contribution in [0.1, 0.15) is 32.8 Å². The molecule has 128 valence electrons. The van der Waals surface area contributed by atoms with E-state index in [0.29, 0.717) is 30.2 Å². The van der Waals surface area contributed by atoms with Crippen LogP contribution in [0.2, 0.25) is 0 Å². The highest BCUT2D eigenvalue weighted by molar-refractivity contribution is 7.98. The van der Waals surface area contributed by atoms with Gasteiger partial charge in [-0.05, 0) is 11.6 Å². The zero-order valence-electron chi connectivity index (χ0n) is 13.9. The van der Waals surface area contributed by atoms with E-state index in [9.17, 15) is 14.0 Å². The minimum absolute atomic E-state index is 0.0641. The molecule has 0 atom stereocenters. The maximum Gasteiger partial charge on any atom is 0.225 e. The molecule has 6 heteroatoms. The van der Waals surface area contributed by atoms with E-state index in [0.717, 1.165) is 0 Å². The maximum absolute atomic E-state index is 13.4. The molecule has 0 aromatic heterocycles. The first-order chi connectivity index (χ1) is 10.8. The average molecular weight is 340 g/mol. The Bertz CT molecular complexity index is 530. The fraction of sp³-hybridized carbons (Fsp3) is 0.529. The van der Waals surface area contributed by atoms with Gasteiger partial charge in [-0.1, -0.05) is 39.0 Å². The Morgan fingerprint density at radius 3 is 2.48 bits per heavy atom. The largest absolute Gasteiger partial charge is 0.355 e. The number of thioether (sulfide) groups is 1. The van der Waals surface area contributed by atoms with Crippen LogP contribution in [0.25, 0.3) is 0 Å². The summed E-state index contributed by atoms with van der Waals surface area (Å²) in [6, 6.07) is 6.69. The van der Waals surface area contributed by atoms with Crippen LogP contribution in [-0.4, -0.2) is 30.7 Å². The molecular formula is C17H25FN2O2S. The first-order valence-corrected chi connectivity index (χ1v) is 8.82. The maximum atomic E-state index is 13.4. The minimum Gasteiger partial charge on any atom is -0.355 e. The molecule has 4 nitrogen and oxygen atoms in total. The highest BCUT2D eigenvalue weighted by Gasteiger charge is 2.20. The summed E-state index contributed by atoms with van der Waals surface area (Å²) in [5, 5.41) is 5.53. The van der Waals surface area contributed by atoms with Gasteiger partial charge in [-0.15, -0.1) is 0 Å². The zero-order chi connectivity index (χ0) is 17.3. The lowest BCUT2D eigenvalue weighted by molar-refractivity contribution is -0.128. The van der Waals surface area contributed by atoms with Gasteiger partial charge in [-0.2, -0.15) is 11.8 Å². The van der Waals surface area contributed by atoms with Crippen molar-refractivity contribution in [1.82, 2.24) is 10.6 Å². The number of carbonyl (C=O) groups excluding carboxylic acids is 2. The van der Waals surface area contributed by atoms with E-state index in [1.807, 2.05) is 26.8 Å². The Hall–Kier alpha value is -1.56. The van der Waals surface area contributed by atoms with Gasteiger partial charge in [-0.3, -0.25) is 9.59 Å². The Labute approximate surface area is 141 Å². The van der Waals surface area contributed by atoms with E-state index < -0.39 is 5.41 Å². The number of nitrogens with one attached hydrogen (secondary N) is 2. The fourth-order valence-electron chi connectivity index (χ4n) is 1.70. The molecule has 0 aliphatic rings. The van der Waals surface area contributed by atoms with Crippen LogP contribution in [-0.2, 0) is 15.3 Å². The lowest BCUT2D eigenvalue weighted by atomic mass is 9.96. The molecule has 0 saturated heterocycles. The van der Waals surface area contributed by atoms with Crippen LogP contribution in [0.5, 0.6) is 0 Å². The molecule has 0 heterocycles. The molecule has 0 spiro atoms. The second kappa shape index (κ2) is 9.55. The Morgan fingerprint density at radius 2 is 1.83 bits per heavy atom. The van der Waals surface area contributed by atoms with Gasteiger partial charge >= 0.3 is 0 Å². The second-order valence-corrected chi connectivity index (χ2v) is 7.36. The monoisotopic (exact) mass is 340 g/mol. The molecule has 0 aliphatic carbocycles. The van der Waals surface area contributed by atoms with E-state index in [4.69, 9.17) is 0 Å². The molecule has 2 N–H and O–H groups in total. The molecule has 0 radical (unpaired) electrons. The van der Waals surface area contributed by atoms with Crippen molar-refractivity contribution in [2.45, 2.75) is 32.9 Å². The van der Waals surface area contributed by atoms with Crippen LogP contribution in [0.3, 0.4) is 0 Å². The van der Waals surface area contributed by atoms with Crippen LogP contribution in [0.4, 0.5) is 4.39 Å². The van der Waals surface area contributed by atoms with Crippen molar-refractivity contribution in [1.29, 1.82) is 0 Å². The molecule has 0 saturated carbocycles. The van der Waals surface area contributed by atoms with Crippen molar-refractivity contribution in [3.05, 3.63) is 35.6 Å². The topological polar surface area (TPSA) is 58.2 Å². The Balaban J connectivity index is 2.08. The van der Waals surface area contributed by atoms with Crippen molar-refractivity contribution < 1.29 is 14.0 Å². The van der Waals surface area contributed by atoms with Crippen LogP contribution < -0.4 is 10.6 Å². The molecular weight excluding hydrogens is 315 g/mol. The normalized spacial score (nSPS) is 11.1. The summed E-state index contributed by atoms with van der Waals surface area (Å²) in [4.78, 5) is 23.3. The average Bonchev–Trinajstić information content (AvgIpc) is 2.47. The van der Waals surface area contributed by atoms with Gasteiger partial charge in [0.2, 0.25) is 11.8 Å². The first-order valence-electron chi connectivity index (χ1n) is 7.67. The highest BCUT2D eigenvalue weighted by Crippen LogP contribution is 2.14. The number of rotatable bonds is 8. The molecule has 1 rings (SSSR count). The molecule has 23 heavy (non-hydrogen) atoms. The van der Waals surface area contributed by atoms with Crippen molar-refractivity contribution >= 4 is 23.6 Å². The van der Waals surface area contributed by atoms with Crippen molar-refractivity contribution in [3.8, 4) is 0 Å². The Morgan fingerprint density at radius 1 is 1.13 bits per heavy atom. The number of hydrogen-bond acceptors (Lipinski definition) is 3. The number of amides is 2. The second-order valence-electron chi connectivity index (χ2n) is 6.25. The predicted molar refractivity (Wildman–Crippen MR) is 92.7 cm³/mol. The summed E-state index contributed by atoms with van der Waals surface area (Å²) in [5.41, 5.74) is 0.230. The number of hydrogen-bond donors (Lipinski definition) is 2. The fourth-order valence-corrected chi connectivity index (χ4v) is 2.55. The van der Waals surface area contributed by atoms with Crippen LogP contribution in [0, 0.1) is 11.2 Å². The smallest absolute Gasteiger partial charge is 0.225 e. The predicted octanol–water partition coefficient (Wildman–Crippen LogP) is 2.73.